The number of rotatable bonds is 8. The second kappa shape index (κ2) is 9.28. The Morgan fingerprint density at radius 2 is 1.52 bits per heavy atom. The summed E-state index contributed by atoms with van der Waals surface area (Å²) in [6, 6.07) is 11.7. The van der Waals surface area contributed by atoms with Crippen molar-refractivity contribution in [3.05, 3.63) is 54.4 Å². The molecule has 2 aromatic heterocycles. The van der Waals surface area contributed by atoms with Gasteiger partial charge in [-0.15, -0.1) is 0 Å². The summed E-state index contributed by atoms with van der Waals surface area (Å²) in [6.45, 7) is 4.33. The van der Waals surface area contributed by atoms with Gasteiger partial charge >= 0.3 is 0 Å². The third-order valence-corrected chi connectivity index (χ3v) is 5.49. The van der Waals surface area contributed by atoms with Crippen molar-refractivity contribution >= 4 is 17.2 Å². The molecule has 2 heterocycles. The second-order valence-corrected chi connectivity index (χ2v) is 7.79. The lowest BCUT2D eigenvalue weighted by Gasteiger charge is -2.15. The van der Waals surface area contributed by atoms with E-state index in [0.29, 0.717) is 34.6 Å². The molecule has 0 amide bonds. The first-order valence-corrected chi connectivity index (χ1v) is 10.6. The fourth-order valence-corrected chi connectivity index (χ4v) is 3.72. The van der Waals surface area contributed by atoms with E-state index in [0.717, 1.165) is 22.6 Å². The van der Waals surface area contributed by atoms with Crippen LogP contribution in [0.5, 0.6) is 23.0 Å². The van der Waals surface area contributed by atoms with E-state index >= 15 is 0 Å². The lowest BCUT2D eigenvalue weighted by molar-refractivity contribution is 0.324. The van der Waals surface area contributed by atoms with Crippen LogP contribution in [0.25, 0.3) is 16.8 Å². The first kappa shape index (κ1) is 22.3. The second-order valence-electron chi connectivity index (χ2n) is 7.79. The van der Waals surface area contributed by atoms with Gasteiger partial charge in [0.15, 0.2) is 17.1 Å². The number of benzene rings is 2. The molecule has 2 aromatic carbocycles. The van der Waals surface area contributed by atoms with Crippen LogP contribution in [0.4, 0.5) is 11.5 Å². The largest absolute Gasteiger partial charge is 0.496 e. The molecule has 1 N–H and O–H groups in total. The molecule has 0 spiro atoms. The van der Waals surface area contributed by atoms with Gasteiger partial charge in [0, 0.05) is 29.6 Å². The molecule has 0 unspecified atom stereocenters. The van der Waals surface area contributed by atoms with E-state index in [1.807, 2.05) is 36.7 Å². The molecule has 0 aliphatic heterocycles. The van der Waals surface area contributed by atoms with Crippen molar-refractivity contribution in [2.75, 3.05) is 33.8 Å². The summed E-state index contributed by atoms with van der Waals surface area (Å²) in [5.74, 6) is 3.46. The van der Waals surface area contributed by atoms with Crippen molar-refractivity contribution < 1.29 is 18.9 Å². The van der Waals surface area contributed by atoms with Gasteiger partial charge in [0.25, 0.3) is 0 Å². The average Bonchev–Trinajstić information content (AvgIpc) is 3.25. The van der Waals surface area contributed by atoms with Crippen LogP contribution in [0.2, 0.25) is 0 Å². The van der Waals surface area contributed by atoms with Gasteiger partial charge in [0.1, 0.15) is 11.6 Å². The molecule has 4 aromatic rings. The Labute approximate surface area is 193 Å². The van der Waals surface area contributed by atoms with Crippen molar-refractivity contribution in [3.8, 4) is 34.1 Å². The van der Waals surface area contributed by atoms with Gasteiger partial charge in [-0.05, 0) is 29.7 Å². The normalized spacial score (nSPS) is 11.0. The summed E-state index contributed by atoms with van der Waals surface area (Å²) in [4.78, 5) is 4.83. The minimum atomic E-state index is 0.390. The van der Waals surface area contributed by atoms with Gasteiger partial charge in [-0.25, -0.2) is 9.50 Å². The van der Waals surface area contributed by atoms with E-state index in [1.54, 1.807) is 33.0 Å². The molecule has 8 heteroatoms. The number of fused-ring (bicyclic) bond motifs is 1. The van der Waals surface area contributed by atoms with E-state index in [4.69, 9.17) is 23.9 Å². The molecule has 33 heavy (non-hydrogen) atoms. The highest BCUT2D eigenvalue weighted by atomic mass is 16.5. The minimum Gasteiger partial charge on any atom is -0.496 e. The van der Waals surface area contributed by atoms with Gasteiger partial charge < -0.3 is 24.3 Å². The summed E-state index contributed by atoms with van der Waals surface area (Å²) < 4.78 is 23.7. The molecular formula is C25H28N4O4. The highest BCUT2D eigenvalue weighted by molar-refractivity contribution is 5.82. The monoisotopic (exact) mass is 448 g/mol. The van der Waals surface area contributed by atoms with Crippen LogP contribution in [0, 0.1) is 0 Å². The number of methoxy groups -OCH3 is 4. The van der Waals surface area contributed by atoms with Crippen molar-refractivity contribution in [1.29, 1.82) is 0 Å². The standard InChI is InChI=1S/C25H28N4O4/c1-15(2)16-7-8-20(30-3)18(11-16)19-14-26-29-10-9-23(28-25(19)29)27-17-12-21(31-4)24(33-6)22(13-17)32-5/h7-15H,1-6H3,(H,27,28). The first-order valence-electron chi connectivity index (χ1n) is 10.6. The van der Waals surface area contributed by atoms with Gasteiger partial charge in [-0.2, -0.15) is 5.10 Å². The Balaban J connectivity index is 1.77. The van der Waals surface area contributed by atoms with Crippen LogP contribution in [-0.2, 0) is 0 Å². The fourth-order valence-electron chi connectivity index (χ4n) is 3.72. The molecule has 0 saturated heterocycles. The fraction of sp³-hybridized carbons (Fsp3) is 0.280. The van der Waals surface area contributed by atoms with Crippen LogP contribution >= 0.6 is 0 Å². The molecule has 0 saturated carbocycles. The van der Waals surface area contributed by atoms with Gasteiger partial charge in [0.2, 0.25) is 5.75 Å². The zero-order chi connectivity index (χ0) is 23.5. The Morgan fingerprint density at radius 3 is 2.12 bits per heavy atom. The third kappa shape index (κ3) is 4.24. The number of nitrogens with one attached hydrogen (secondary N) is 1. The SMILES string of the molecule is COc1ccc(C(C)C)cc1-c1cnn2ccc(Nc3cc(OC)c(OC)c(OC)c3)nc12. The van der Waals surface area contributed by atoms with E-state index in [1.165, 1.54) is 5.56 Å². The van der Waals surface area contributed by atoms with Gasteiger partial charge in [-0.3, -0.25) is 0 Å². The molecule has 0 atom stereocenters. The molecular weight excluding hydrogens is 420 g/mol. The van der Waals surface area contributed by atoms with Crippen LogP contribution in [0.1, 0.15) is 25.3 Å². The van der Waals surface area contributed by atoms with Gasteiger partial charge in [-0.1, -0.05) is 19.9 Å². The Kier molecular flexibility index (Phi) is 6.26. The zero-order valence-electron chi connectivity index (χ0n) is 19.7. The summed E-state index contributed by atoms with van der Waals surface area (Å²) >= 11 is 0. The predicted molar refractivity (Wildman–Crippen MR) is 128 cm³/mol. The van der Waals surface area contributed by atoms with E-state index in [-0.39, 0.29) is 0 Å². The molecule has 0 radical (unpaired) electrons. The zero-order valence-corrected chi connectivity index (χ0v) is 19.7. The van der Waals surface area contributed by atoms with Crippen LogP contribution in [-0.4, -0.2) is 43.0 Å². The summed E-state index contributed by atoms with van der Waals surface area (Å²) in [6.07, 6.45) is 3.68. The third-order valence-electron chi connectivity index (χ3n) is 5.49. The van der Waals surface area contributed by atoms with Crippen molar-refractivity contribution in [3.63, 3.8) is 0 Å². The highest BCUT2D eigenvalue weighted by Gasteiger charge is 2.17. The molecule has 0 fully saturated rings. The quantitative estimate of drug-likeness (QED) is 0.392. The molecule has 4 rings (SSSR count). The van der Waals surface area contributed by atoms with E-state index in [2.05, 4.69) is 36.4 Å². The minimum absolute atomic E-state index is 0.390. The number of hydrogen-bond donors (Lipinski definition) is 1. The smallest absolute Gasteiger partial charge is 0.203 e. The first-order chi connectivity index (χ1) is 16.0. The molecule has 0 bridgehead atoms. The Morgan fingerprint density at radius 1 is 0.818 bits per heavy atom. The van der Waals surface area contributed by atoms with E-state index in [9.17, 15) is 0 Å². The molecule has 172 valence electrons. The van der Waals surface area contributed by atoms with Crippen molar-refractivity contribution in [1.82, 2.24) is 14.6 Å². The maximum absolute atomic E-state index is 5.63. The van der Waals surface area contributed by atoms with Crippen LogP contribution < -0.4 is 24.3 Å². The maximum Gasteiger partial charge on any atom is 0.203 e. The summed E-state index contributed by atoms with van der Waals surface area (Å²) in [5.41, 5.74) is 4.53. The topological polar surface area (TPSA) is 79.1 Å². The number of aromatic nitrogens is 3. The highest BCUT2D eigenvalue weighted by Crippen LogP contribution is 2.41. The Hall–Kier alpha value is -3.94. The summed E-state index contributed by atoms with van der Waals surface area (Å²) in [7, 11) is 6.42. The van der Waals surface area contributed by atoms with Crippen LogP contribution in [0.15, 0.2) is 48.8 Å². The number of ether oxygens (including phenoxy) is 4. The lowest BCUT2D eigenvalue weighted by Crippen LogP contribution is -2.00. The van der Waals surface area contributed by atoms with Crippen molar-refractivity contribution in [2.45, 2.75) is 19.8 Å². The molecule has 8 nitrogen and oxygen atoms in total. The predicted octanol–water partition coefficient (Wildman–Crippen LogP) is 5.30. The number of anilines is 2. The maximum atomic E-state index is 5.63. The van der Waals surface area contributed by atoms with Crippen molar-refractivity contribution in [2.24, 2.45) is 0 Å². The lowest BCUT2D eigenvalue weighted by atomic mass is 9.97. The number of nitrogens with zero attached hydrogens (tertiary/aromatic N) is 3. The average molecular weight is 449 g/mol. The Bertz CT molecular complexity index is 1260. The molecule has 0 aliphatic carbocycles. The van der Waals surface area contributed by atoms with E-state index < -0.39 is 0 Å². The van der Waals surface area contributed by atoms with Gasteiger partial charge in [0.05, 0.1) is 40.2 Å². The molecule has 0 aliphatic rings. The van der Waals surface area contributed by atoms with Crippen LogP contribution in [0.3, 0.4) is 0 Å². The number of hydrogen-bond acceptors (Lipinski definition) is 7. The summed E-state index contributed by atoms with van der Waals surface area (Å²) in [5, 5.41) is 7.81.